The standard InChI is InChI=1S/C23H22Cl2F3NO5S/c1-2-22-10-9-16(15-8-7-14(11-17(15)25)34-35(32,33)23(26,27)28)18(12-3-5-13(24)6-4-12)19(22)20(30)29-21(22)31/h3-8,11,16,18-20,30H,2,9-10H2,1H3,(H,29,31)/t16-,18-,19+,20?,22+/m0/s1. The maximum absolute atomic E-state index is 12.9. The van der Waals surface area contributed by atoms with Gasteiger partial charge in [0.25, 0.3) is 0 Å². The number of aliphatic hydroxyl groups excluding tert-OH is 1. The smallest absolute Gasteiger partial charge is 0.376 e. The highest BCUT2D eigenvalue weighted by Crippen LogP contribution is 2.60. The van der Waals surface area contributed by atoms with Gasteiger partial charge in [0.15, 0.2) is 0 Å². The molecule has 2 N–H and O–H groups in total. The van der Waals surface area contributed by atoms with E-state index in [4.69, 9.17) is 23.2 Å². The molecular weight excluding hydrogens is 530 g/mol. The van der Waals surface area contributed by atoms with Crippen LogP contribution in [0.15, 0.2) is 42.5 Å². The zero-order valence-electron chi connectivity index (χ0n) is 18.4. The second-order valence-corrected chi connectivity index (χ2v) is 11.2. The van der Waals surface area contributed by atoms with Crippen LogP contribution >= 0.6 is 23.2 Å². The first-order valence-corrected chi connectivity index (χ1v) is 13.0. The van der Waals surface area contributed by atoms with E-state index < -0.39 is 44.9 Å². The molecule has 4 rings (SSSR count). The molecule has 2 aromatic rings. The van der Waals surface area contributed by atoms with Crippen LogP contribution < -0.4 is 9.50 Å². The second kappa shape index (κ2) is 9.14. The minimum atomic E-state index is -5.85. The van der Waals surface area contributed by atoms with Crippen LogP contribution in [0.3, 0.4) is 0 Å². The minimum absolute atomic E-state index is 0.0135. The Labute approximate surface area is 210 Å². The average Bonchev–Trinajstić information content (AvgIpc) is 3.03. The molecule has 1 aliphatic heterocycles. The molecule has 5 atom stereocenters. The minimum Gasteiger partial charge on any atom is -0.376 e. The van der Waals surface area contributed by atoms with E-state index in [9.17, 15) is 31.5 Å². The van der Waals surface area contributed by atoms with Crippen molar-refractivity contribution in [3.63, 3.8) is 0 Å². The van der Waals surface area contributed by atoms with Crippen LogP contribution in [0.25, 0.3) is 0 Å². The lowest BCUT2D eigenvalue weighted by atomic mass is 9.55. The third-order valence-corrected chi connectivity index (χ3v) is 8.74. The van der Waals surface area contributed by atoms with Crippen LogP contribution in [0.1, 0.15) is 49.1 Å². The van der Waals surface area contributed by atoms with Crippen molar-refractivity contribution in [3.05, 3.63) is 63.6 Å². The first-order valence-electron chi connectivity index (χ1n) is 10.9. The van der Waals surface area contributed by atoms with E-state index in [1.807, 2.05) is 19.1 Å². The highest BCUT2D eigenvalue weighted by Gasteiger charge is 2.60. The van der Waals surface area contributed by atoms with Crippen molar-refractivity contribution in [1.82, 2.24) is 5.32 Å². The largest absolute Gasteiger partial charge is 0.534 e. The van der Waals surface area contributed by atoms with Gasteiger partial charge >= 0.3 is 15.6 Å². The van der Waals surface area contributed by atoms with Crippen LogP contribution in [0.2, 0.25) is 10.0 Å². The molecule has 190 valence electrons. The van der Waals surface area contributed by atoms with E-state index in [1.54, 1.807) is 12.1 Å². The lowest BCUT2D eigenvalue weighted by molar-refractivity contribution is -0.131. The molecule has 6 nitrogen and oxygen atoms in total. The van der Waals surface area contributed by atoms with Gasteiger partial charge in [-0.25, -0.2) is 0 Å². The molecule has 0 bridgehead atoms. The van der Waals surface area contributed by atoms with Gasteiger partial charge in [-0.1, -0.05) is 48.3 Å². The monoisotopic (exact) mass is 551 g/mol. The van der Waals surface area contributed by atoms with Gasteiger partial charge in [0.1, 0.15) is 12.0 Å². The highest BCUT2D eigenvalue weighted by atomic mass is 35.5. The molecule has 2 fully saturated rings. The van der Waals surface area contributed by atoms with Crippen molar-refractivity contribution in [3.8, 4) is 5.75 Å². The van der Waals surface area contributed by atoms with Crippen molar-refractivity contribution in [2.45, 2.75) is 49.8 Å². The van der Waals surface area contributed by atoms with Gasteiger partial charge in [-0.15, -0.1) is 0 Å². The van der Waals surface area contributed by atoms with Gasteiger partial charge in [0.2, 0.25) is 5.91 Å². The number of halogens is 5. The fraction of sp³-hybridized carbons (Fsp3) is 0.435. The molecule has 2 aliphatic rings. The molecule has 0 aromatic heterocycles. The molecule has 2 aromatic carbocycles. The summed E-state index contributed by atoms with van der Waals surface area (Å²) in [7, 11) is -5.85. The van der Waals surface area contributed by atoms with E-state index in [0.717, 1.165) is 17.7 Å². The summed E-state index contributed by atoms with van der Waals surface area (Å²) in [5, 5.41) is 14.1. The zero-order valence-corrected chi connectivity index (χ0v) is 20.7. The van der Waals surface area contributed by atoms with Gasteiger partial charge in [0, 0.05) is 22.0 Å². The van der Waals surface area contributed by atoms with E-state index >= 15 is 0 Å². The van der Waals surface area contributed by atoms with Crippen molar-refractivity contribution in [2.24, 2.45) is 11.3 Å². The first-order chi connectivity index (χ1) is 16.3. The lowest BCUT2D eigenvalue weighted by Gasteiger charge is -2.47. The maximum Gasteiger partial charge on any atom is 0.534 e. The predicted octanol–water partition coefficient (Wildman–Crippen LogP) is 5.34. The van der Waals surface area contributed by atoms with Crippen LogP contribution in [0.5, 0.6) is 5.75 Å². The Hall–Kier alpha value is -2.01. The van der Waals surface area contributed by atoms with Crippen molar-refractivity contribution in [1.29, 1.82) is 0 Å². The first kappa shape index (κ1) is 26.1. The summed E-state index contributed by atoms with van der Waals surface area (Å²) in [4.78, 5) is 12.9. The molecule has 1 saturated heterocycles. The molecular formula is C23H22Cl2F3NO5S. The SMILES string of the molecule is CC[C@@]12CC[C@@H](c3ccc(OS(=O)(=O)C(F)(F)F)cc3Cl)[C@H](c3ccc(Cl)cc3)[C@@H]1C(O)NC2=O. The van der Waals surface area contributed by atoms with Gasteiger partial charge < -0.3 is 14.6 Å². The number of aliphatic hydroxyl groups is 1. The summed E-state index contributed by atoms with van der Waals surface area (Å²) < 4.78 is 65.1. The van der Waals surface area contributed by atoms with Gasteiger partial charge in [-0.05, 0) is 60.4 Å². The molecule has 35 heavy (non-hydrogen) atoms. The molecule has 12 heteroatoms. The molecule has 1 unspecified atom stereocenters. The summed E-state index contributed by atoms with van der Waals surface area (Å²) >= 11 is 12.5. The zero-order chi connectivity index (χ0) is 25.8. The Balaban J connectivity index is 1.77. The van der Waals surface area contributed by atoms with E-state index in [1.165, 1.54) is 6.07 Å². The molecule has 1 heterocycles. The number of carbonyl (C=O) groups is 1. The van der Waals surface area contributed by atoms with Crippen molar-refractivity contribution >= 4 is 39.2 Å². The van der Waals surface area contributed by atoms with Crippen LogP contribution in [0, 0.1) is 11.3 Å². The van der Waals surface area contributed by atoms with Gasteiger partial charge in [-0.2, -0.15) is 21.6 Å². The van der Waals surface area contributed by atoms with Gasteiger partial charge in [-0.3, -0.25) is 4.79 Å². The number of hydrogen-bond acceptors (Lipinski definition) is 5. The molecule has 0 radical (unpaired) electrons. The quantitative estimate of drug-likeness (QED) is 0.386. The Kier molecular flexibility index (Phi) is 6.80. The van der Waals surface area contributed by atoms with E-state index in [0.29, 0.717) is 29.8 Å². The number of hydrogen-bond donors (Lipinski definition) is 2. The summed E-state index contributed by atoms with van der Waals surface area (Å²) in [6.45, 7) is 1.89. The number of fused-ring (bicyclic) bond motifs is 1. The van der Waals surface area contributed by atoms with E-state index in [-0.39, 0.29) is 16.8 Å². The van der Waals surface area contributed by atoms with Crippen LogP contribution in [0.4, 0.5) is 13.2 Å². The fourth-order valence-corrected chi connectivity index (χ4v) is 6.45. The number of amides is 1. The third kappa shape index (κ3) is 4.50. The Morgan fingerprint density at radius 2 is 1.83 bits per heavy atom. The molecule has 0 spiro atoms. The second-order valence-electron chi connectivity index (χ2n) is 8.84. The van der Waals surface area contributed by atoms with Crippen LogP contribution in [-0.2, 0) is 14.9 Å². The number of carbonyl (C=O) groups excluding carboxylic acids is 1. The summed E-state index contributed by atoms with van der Waals surface area (Å²) in [6, 6.07) is 10.6. The Bertz CT molecular complexity index is 1240. The van der Waals surface area contributed by atoms with Crippen molar-refractivity contribution < 1.29 is 35.7 Å². The summed E-state index contributed by atoms with van der Waals surface area (Å²) in [6.07, 6.45) is 0.360. The Morgan fingerprint density at radius 3 is 2.40 bits per heavy atom. The lowest BCUT2D eigenvalue weighted by Crippen LogP contribution is -2.44. The number of benzene rings is 2. The van der Waals surface area contributed by atoms with Crippen molar-refractivity contribution in [2.75, 3.05) is 0 Å². The van der Waals surface area contributed by atoms with Crippen LogP contribution in [-0.4, -0.2) is 31.2 Å². The molecule has 1 amide bonds. The Morgan fingerprint density at radius 1 is 1.17 bits per heavy atom. The number of nitrogens with one attached hydrogen (secondary N) is 1. The summed E-state index contributed by atoms with van der Waals surface area (Å²) in [5.41, 5.74) is -5.02. The fourth-order valence-electron chi connectivity index (χ4n) is 5.57. The molecule has 1 saturated carbocycles. The maximum atomic E-state index is 12.9. The predicted molar refractivity (Wildman–Crippen MR) is 124 cm³/mol. The third-order valence-electron chi connectivity index (χ3n) is 7.18. The summed E-state index contributed by atoms with van der Waals surface area (Å²) in [5.74, 6) is -2.02. The normalized spacial score (nSPS) is 28.9. The van der Waals surface area contributed by atoms with Gasteiger partial charge in [0.05, 0.1) is 5.41 Å². The van der Waals surface area contributed by atoms with E-state index in [2.05, 4.69) is 9.50 Å². The topological polar surface area (TPSA) is 92.7 Å². The number of alkyl halides is 3. The number of rotatable bonds is 5. The highest BCUT2D eigenvalue weighted by molar-refractivity contribution is 7.88. The average molecular weight is 552 g/mol. The molecule has 1 aliphatic carbocycles.